The highest BCUT2D eigenvalue weighted by Crippen LogP contribution is 2.52. The molecule has 5 rings (SSSR count). The number of benzene rings is 1. The van der Waals surface area contributed by atoms with Gasteiger partial charge in [0.1, 0.15) is 17.1 Å². The maximum Gasteiger partial charge on any atom is 0.247 e. The van der Waals surface area contributed by atoms with Gasteiger partial charge in [0.15, 0.2) is 0 Å². The van der Waals surface area contributed by atoms with Crippen LogP contribution in [0.1, 0.15) is 37.3 Å². The van der Waals surface area contributed by atoms with E-state index in [-0.39, 0.29) is 30.4 Å². The monoisotopic (exact) mass is 463 g/mol. The van der Waals surface area contributed by atoms with Gasteiger partial charge in [0.2, 0.25) is 5.91 Å². The Labute approximate surface area is 197 Å². The van der Waals surface area contributed by atoms with Gasteiger partial charge in [-0.25, -0.2) is 8.78 Å². The number of amides is 1. The first-order valence-electron chi connectivity index (χ1n) is 11.6. The second-order valence-electron chi connectivity index (χ2n) is 9.41. The standard InChI is InChI=1S/C26H27F2N5O/c1-16-6-23(33-5-4-26(15-29,25(33)34)20-2-3-20)11-24(32-16)31-12-17-7-18(9-21(27)8-17)19-10-22(28)14-30-13-19/h6-11,13,20,24,30-32H,2-5,12,14H2,1H3. The Morgan fingerprint density at radius 3 is 2.82 bits per heavy atom. The van der Waals surface area contributed by atoms with E-state index in [1.165, 1.54) is 18.2 Å². The Bertz CT molecular complexity index is 1190. The van der Waals surface area contributed by atoms with Crippen molar-refractivity contribution in [3.05, 3.63) is 76.8 Å². The SMILES string of the molecule is CC1=CC(N2CCC(C#N)(C3CC3)C2=O)=CC(NCc2cc(F)cc(C3=CNCC(F)=C3)c2)N1. The Balaban J connectivity index is 1.30. The number of rotatable bonds is 6. The first-order chi connectivity index (χ1) is 16.4. The van der Waals surface area contributed by atoms with E-state index in [1.54, 1.807) is 11.1 Å². The first kappa shape index (κ1) is 22.4. The molecule has 6 nitrogen and oxygen atoms in total. The molecule has 3 aliphatic heterocycles. The number of hydrogen-bond acceptors (Lipinski definition) is 5. The van der Waals surface area contributed by atoms with Crippen LogP contribution in [0.2, 0.25) is 0 Å². The minimum atomic E-state index is -0.884. The second kappa shape index (κ2) is 8.73. The van der Waals surface area contributed by atoms with Crippen molar-refractivity contribution < 1.29 is 13.6 Å². The third-order valence-corrected chi connectivity index (χ3v) is 6.88. The molecule has 1 saturated heterocycles. The molecule has 4 aliphatic rings. The number of nitrogens with zero attached hydrogens (tertiary/aromatic N) is 2. The Hall–Kier alpha value is -3.44. The molecule has 2 atom stereocenters. The Morgan fingerprint density at radius 1 is 1.26 bits per heavy atom. The highest BCUT2D eigenvalue weighted by molar-refractivity contribution is 5.90. The summed E-state index contributed by atoms with van der Waals surface area (Å²) in [4.78, 5) is 14.9. The number of carbonyl (C=O) groups excluding carboxylic acids is 1. The van der Waals surface area contributed by atoms with E-state index in [9.17, 15) is 18.8 Å². The lowest BCUT2D eigenvalue weighted by Gasteiger charge is -2.28. The van der Waals surface area contributed by atoms with Crippen LogP contribution >= 0.6 is 0 Å². The molecule has 3 N–H and O–H groups in total. The molecule has 34 heavy (non-hydrogen) atoms. The minimum Gasteiger partial charge on any atom is -0.384 e. The summed E-state index contributed by atoms with van der Waals surface area (Å²) in [6.45, 7) is 2.96. The summed E-state index contributed by atoms with van der Waals surface area (Å²) in [5.74, 6) is -0.616. The van der Waals surface area contributed by atoms with Gasteiger partial charge in [-0.15, -0.1) is 0 Å². The van der Waals surface area contributed by atoms with Gasteiger partial charge < -0.3 is 15.5 Å². The number of hydrogen-bond donors (Lipinski definition) is 3. The van der Waals surface area contributed by atoms with E-state index in [4.69, 9.17) is 0 Å². The van der Waals surface area contributed by atoms with Crippen LogP contribution < -0.4 is 16.0 Å². The van der Waals surface area contributed by atoms with Crippen molar-refractivity contribution in [2.45, 2.75) is 38.9 Å². The number of carbonyl (C=O) groups is 1. The van der Waals surface area contributed by atoms with Crippen molar-refractivity contribution in [2.75, 3.05) is 13.1 Å². The van der Waals surface area contributed by atoms with Crippen molar-refractivity contribution >= 4 is 11.5 Å². The van der Waals surface area contributed by atoms with Crippen LogP contribution in [0.3, 0.4) is 0 Å². The van der Waals surface area contributed by atoms with Gasteiger partial charge in [-0.05, 0) is 79.7 Å². The molecule has 0 bridgehead atoms. The molecule has 8 heteroatoms. The molecule has 0 aromatic heterocycles. The number of allylic oxidation sites excluding steroid dienone is 4. The normalized spacial score (nSPS) is 26.6. The number of dihydropyridines is 2. The summed E-state index contributed by atoms with van der Waals surface area (Å²) in [6.07, 6.45) is 9.10. The summed E-state index contributed by atoms with van der Waals surface area (Å²) in [5.41, 5.74) is 2.68. The average molecular weight is 464 g/mol. The molecule has 0 radical (unpaired) electrons. The number of halogens is 2. The highest BCUT2D eigenvalue weighted by Gasteiger charge is 2.57. The number of likely N-dealkylation sites (tertiary alicyclic amines) is 1. The van der Waals surface area contributed by atoms with E-state index in [1.807, 2.05) is 25.1 Å². The molecule has 2 fully saturated rings. The summed E-state index contributed by atoms with van der Waals surface area (Å²) in [6, 6.07) is 6.99. The highest BCUT2D eigenvalue weighted by atomic mass is 19.1. The molecular formula is C26H27F2N5O. The molecule has 3 heterocycles. The van der Waals surface area contributed by atoms with Crippen LogP contribution in [0.5, 0.6) is 0 Å². The van der Waals surface area contributed by atoms with Gasteiger partial charge in [0.05, 0.1) is 18.8 Å². The second-order valence-corrected chi connectivity index (χ2v) is 9.41. The van der Waals surface area contributed by atoms with Crippen molar-refractivity contribution in [1.29, 1.82) is 5.26 Å². The Morgan fingerprint density at radius 2 is 2.09 bits per heavy atom. The van der Waals surface area contributed by atoms with Crippen molar-refractivity contribution in [1.82, 2.24) is 20.9 Å². The quantitative estimate of drug-likeness (QED) is 0.601. The maximum absolute atomic E-state index is 14.3. The lowest BCUT2D eigenvalue weighted by Crippen LogP contribution is -2.43. The van der Waals surface area contributed by atoms with E-state index in [2.05, 4.69) is 22.0 Å². The third kappa shape index (κ3) is 4.24. The van der Waals surface area contributed by atoms with E-state index >= 15 is 0 Å². The van der Waals surface area contributed by atoms with Crippen LogP contribution in [-0.4, -0.2) is 30.1 Å². The molecular weight excluding hydrogens is 436 g/mol. The lowest BCUT2D eigenvalue weighted by molar-refractivity contribution is -0.132. The van der Waals surface area contributed by atoms with Crippen LogP contribution in [0.4, 0.5) is 8.78 Å². The zero-order valence-corrected chi connectivity index (χ0v) is 19.0. The van der Waals surface area contributed by atoms with Gasteiger partial charge in [-0.2, -0.15) is 5.26 Å². The fourth-order valence-corrected chi connectivity index (χ4v) is 5.01. The molecule has 1 aromatic carbocycles. The maximum atomic E-state index is 14.3. The van der Waals surface area contributed by atoms with Crippen molar-refractivity contribution in [3.8, 4) is 6.07 Å². The van der Waals surface area contributed by atoms with Gasteiger partial charge in [0.25, 0.3) is 0 Å². The van der Waals surface area contributed by atoms with Crippen molar-refractivity contribution in [3.63, 3.8) is 0 Å². The number of nitriles is 1. The van der Waals surface area contributed by atoms with E-state index in [0.29, 0.717) is 36.2 Å². The summed E-state index contributed by atoms with van der Waals surface area (Å²) in [5, 5.41) is 19.3. The van der Waals surface area contributed by atoms with Gasteiger partial charge >= 0.3 is 0 Å². The molecule has 176 valence electrons. The molecule has 1 aromatic rings. The van der Waals surface area contributed by atoms with E-state index < -0.39 is 11.2 Å². The van der Waals surface area contributed by atoms with Crippen LogP contribution in [0, 0.1) is 28.5 Å². The largest absolute Gasteiger partial charge is 0.384 e. The number of nitrogens with one attached hydrogen (secondary N) is 3. The Kier molecular flexibility index (Phi) is 5.74. The lowest BCUT2D eigenvalue weighted by atomic mass is 9.83. The summed E-state index contributed by atoms with van der Waals surface area (Å²) < 4.78 is 27.9. The molecule has 1 saturated carbocycles. The van der Waals surface area contributed by atoms with Crippen LogP contribution in [0.25, 0.3) is 5.57 Å². The predicted octanol–water partition coefficient (Wildman–Crippen LogP) is 3.58. The molecule has 0 spiro atoms. The zero-order chi connectivity index (χ0) is 23.9. The van der Waals surface area contributed by atoms with Crippen LogP contribution in [-0.2, 0) is 11.3 Å². The topological polar surface area (TPSA) is 80.2 Å². The van der Waals surface area contributed by atoms with Gasteiger partial charge in [-0.3, -0.25) is 10.1 Å². The molecule has 1 aliphatic carbocycles. The van der Waals surface area contributed by atoms with E-state index in [0.717, 1.165) is 24.2 Å². The van der Waals surface area contributed by atoms with Crippen LogP contribution in [0.15, 0.2) is 59.8 Å². The fourth-order valence-electron chi connectivity index (χ4n) is 5.01. The zero-order valence-electron chi connectivity index (χ0n) is 19.0. The van der Waals surface area contributed by atoms with Crippen molar-refractivity contribution in [2.24, 2.45) is 11.3 Å². The third-order valence-electron chi connectivity index (χ3n) is 6.88. The van der Waals surface area contributed by atoms with Gasteiger partial charge in [0, 0.05) is 36.3 Å². The smallest absolute Gasteiger partial charge is 0.247 e. The molecule has 2 unspecified atom stereocenters. The van der Waals surface area contributed by atoms with Gasteiger partial charge in [-0.1, -0.05) is 0 Å². The minimum absolute atomic E-state index is 0.0992. The summed E-state index contributed by atoms with van der Waals surface area (Å²) in [7, 11) is 0. The molecule has 1 amide bonds. The average Bonchev–Trinajstić information content (AvgIpc) is 3.61. The first-order valence-corrected chi connectivity index (χ1v) is 11.6. The summed E-state index contributed by atoms with van der Waals surface area (Å²) >= 11 is 0. The predicted molar refractivity (Wildman–Crippen MR) is 124 cm³/mol. The fraction of sp³-hybridized carbons (Fsp3) is 0.385.